The van der Waals surface area contributed by atoms with E-state index in [1.54, 1.807) is 0 Å². The fraction of sp³-hybridized carbons (Fsp3) is 0.667. The van der Waals surface area contributed by atoms with E-state index in [4.69, 9.17) is 9.47 Å². The summed E-state index contributed by atoms with van der Waals surface area (Å²) < 4.78 is 11.6. The first-order chi connectivity index (χ1) is 8.91. The molecular weight excluding hydrogens is 244 g/mol. The minimum Gasteiger partial charge on any atom is -0.454 e. The van der Waals surface area contributed by atoms with Crippen LogP contribution in [0.2, 0.25) is 0 Å². The Morgan fingerprint density at radius 2 is 2.16 bits per heavy atom. The van der Waals surface area contributed by atoms with Crippen molar-refractivity contribution in [3.63, 3.8) is 0 Å². The number of epoxide rings is 1. The number of aliphatic hydroxyl groups is 1. The summed E-state index contributed by atoms with van der Waals surface area (Å²) >= 11 is 0. The number of hydrogen-bond donors (Lipinski definition) is 1. The van der Waals surface area contributed by atoms with Crippen LogP contribution < -0.4 is 0 Å². The van der Waals surface area contributed by atoms with Crippen molar-refractivity contribution in [1.29, 1.82) is 0 Å². The normalized spacial score (nSPS) is 51.1. The number of aliphatic hydroxyl groups excluding tert-OH is 1. The Balaban J connectivity index is 1.87. The minimum atomic E-state index is -0.596. The zero-order valence-corrected chi connectivity index (χ0v) is 11.4. The van der Waals surface area contributed by atoms with Crippen LogP contribution >= 0.6 is 0 Å². The van der Waals surface area contributed by atoms with Gasteiger partial charge in [-0.05, 0) is 39.2 Å². The molecule has 0 aromatic rings. The second-order valence-corrected chi connectivity index (χ2v) is 6.44. The molecule has 2 fully saturated rings. The Hall–Kier alpha value is -1.13. The van der Waals surface area contributed by atoms with E-state index in [0.717, 1.165) is 29.6 Å². The van der Waals surface area contributed by atoms with Crippen LogP contribution in [-0.2, 0) is 14.3 Å². The van der Waals surface area contributed by atoms with Gasteiger partial charge in [0.05, 0.1) is 11.5 Å². The molecule has 3 unspecified atom stereocenters. The lowest BCUT2D eigenvalue weighted by Gasteiger charge is -2.27. The number of fused-ring (bicyclic) bond motifs is 2. The molecule has 1 saturated heterocycles. The lowest BCUT2D eigenvalue weighted by molar-refractivity contribution is -0.142. The first-order valence-corrected chi connectivity index (χ1v) is 6.88. The van der Waals surface area contributed by atoms with Crippen LogP contribution in [0.25, 0.3) is 0 Å². The first kappa shape index (κ1) is 11.7. The molecule has 4 nitrogen and oxygen atoms in total. The lowest BCUT2D eigenvalue weighted by atomic mass is 9.78. The van der Waals surface area contributed by atoms with Gasteiger partial charge in [-0.3, -0.25) is 0 Å². The predicted octanol–water partition coefficient (Wildman–Crippen LogP) is 1.49. The Labute approximate surface area is 112 Å². The molecule has 1 spiro atoms. The molecule has 19 heavy (non-hydrogen) atoms. The summed E-state index contributed by atoms with van der Waals surface area (Å²) in [5.41, 5.74) is 2.06. The highest BCUT2D eigenvalue weighted by Crippen LogP contribution is 2.66. The molecule has 4 aliphatic rings. The number of rotatable bonds is 0. The monoisotopic (exact) mass is 262 g/mol. The third kappa shape index (κ3) is 1.11. The van der Waals surface area contributed by atoms with Gasteiger partial charge in [0.2, 0.25) is 0 Å². The summed E-state index contributed by atoms with van der Waals surface area (Å²) in [5.74, 6) is -0.250. The van der Waals surface area contributed by atoms with Crippen molar-refractivity contribution in [3.05, 3.63) is 22.8 Å². The van der Waals surface area contributed by atoms with Gasteiger partial charge >= 0.3 is 5.97 Å². The van der Waals surface area contributed by atoms with Crippen LogP contribution in [0.3, 0.4) is 0 Å². The van der Waals surface area contributed by atoms with Crippen molar-refractivity contribution in [2.45, 2.75) is 57.0 Å². The van der Waals surface area contributed by atoms with E-state index in [0.29, 0.717) is 0 Å². The van der Waals surface area contributed by atoms with Gasteiger partial charge in [0.15, 0.2) is 0 Å². The highest BCUT2D eigenvalue weighted by atomic mass is 16.6. The molecule has 2 aliphatic heterocycles. The maximum Gasteiger partial charge on any atom is 0.334 e. The number of ether oxygens (including phenoxy) is 2. The fourth-order valence-electron chi connectivity index (χ4n) is 4.41. The van der Waals surface area contributed by atoms with Gasteiger partial charge in [-0.25, -0.2) is 4.79 Å². The van der Waals surface area contributed by atoms with Crippen molar-refractivity contribution >= 4 is 5.97 Å². The highest BCUT2D eigenvalue weighted by Gasteiger charge is 2.78. The Morgan fingerprint density at radius 1 is 1.42 bits per heavy atom. The zero-order chi connectivity index (χ0) is 13.6. The third-order valence-corrected chi connectivity index (χ3v) is 5.53. The van der Waals surface area contributed by atoms with E-state index < -0.39 is 11.7 Å². The summed E-state index contributed by atoms with van der Waals surface area (Å²) in [6.45, 7) is 5.90. The molecule has 2 heterocycles. The van der Waals surface area contributed by atoms with Crippen LogP contribution in [0.1, 0.15) is 33.6 Å². The van der Waals surface area contributed by atoms with Crippen LogP contribution in [-0.4, -0.2) is 34.5 Å². The summed E-state index contributed by atoms with van der Waals surface area (Å²) in [4.78, 5) is 11.8. The van der Waals surface area contributed by atoms with Gasteiger partial charge < -0.3 is 14.6 Å². The molecule has 102 valence electrons. The van der Waals surface area contributed by atoms with E-state index in [1.807, 2.05) is 19.9 Å². The topological polar surface area (TPSA) is 59.1 Å². The molecule has 0 aromatic carbocycles. The number of esters is 1. The molecule has 0 bridgehead atoms. The molecule has 4 heteroatoms. The van der Waals surface area contributed by atoms with Crippen LogP contribution in [0.15, 0.2) is 22.8 Å². The molecule has 4 rings (SSSR count). The number of carbonyl (C=O) groups is 1. The van der Waals surface area contributed by atoms with Gasteiger partial charge in [0, 0.05) is 5.57 Å². The Kier molecular flexibility index (Phi) is 1.92. The largest absolute Gasteiger partial charge is 0.454 e. The maximum atomic E-state index is 11.8. The molecule has 2 aliphatic carbocycles. The van der Waals surface area contributed by atoms with Gasteiger partial charge in [0.25, 0.3) is 0 Å². The molecule has 1 saturated carbocycles. The second kappa shape index (κ2) is 3.13. The maximum absolute atomic E-state index is 11.8. The molecule has 0 amide bonds. The van der Waals surface area contributed by atoms with Crippen LogP contribution in [0.4, 0.5) is 0 Å². The van der Waals surface area contributed by atoms with E-state index >= 15 is 0 Å². The lowest BCUT2D eigenvalue weighted by Crippen LogP contribution is -2.42. The molecule has 0 aromatic heterocycles. The molecule has 5 atom stereocenters. The van der Waals surface area contributed by atoms with Crippen molar-refractivity contribution in [2.75, 3.05) is 0 Å². The third-order valence-electron chi connectivity index (χ3n) is 5.53. The quantitative estimate of drug-likeness (QED) is 0.408. The van der Waals surface area contributed by atoms with Crippen molar-refractivity contribution in [1.82, 2.24) is 0 Å². The van der Waals surface area contributed by atoms with Gasteiger partial charge in [-0.2, -0.15) is 0 Å². The van der Waals surface area contributed by atoms with E-state index in [9.17, 15) is 9.90 Å². The van der Waals surface area contributed by atoms with Crippen LogP contribution in [0.5, 0.6) is 0 Å². The second-order valence-electron chi connectivity index (χ2n) is 6.44. The number of carbonyl (C=O) groups excluding carboxylic acids is 1. The Morgan fingerprint density at radius 3 is 2.89 bits per heavy atom. The minimum absolute atomic E-state index is 0.0357. The Bertz CT molecular complexity index is 560. The van der Waals surface area contributed by atoms with Crippen LogP contribution in [0, 0.1) is 5.92 Å². The standard InChI is InChI=1S/C15H18O4/c1-7-6-10(16)15-11(7)12-9(8(2)13(17)18-12)4-5-14(15,3)19-15/h6,10-12,16H,4-5H2,1-3H3/t10?,11-,12+,14?,15?/m1/s1. The van der Waals surface area contributed by atoms with E-state index in [1.165, 1.54) is 0 Å². The average Bonchev–Trinajstić information content (AvgIpc) is 2.77. The number of hydrogen-bond acceptors (Lipinski definition) is 4. The summed E-state index contributed by atoms with van der Waals surface area (Å²) in [5, 5.41) is 10.4. The van der Waals surface area contributed by atoms with Crippen molar-refractivity contribution in [2.24, 2.45) is 5.92 Å². The van der Waals surface area contributed by atoms with Crippen molar-refractivity contribution in [3.8, 4) is 0 Å². The molecule has 1 N–H and O–H groups in total. The summed E-state index contributed by atoms with van der Waals surface area (Å²) in [6.07, 6.45) is 2.67. The van der Waals surface area contributed by atoms with E-state index in [2.05, 4.69) is 6.92 Å². The highest BCUT2D eigenvalue weighted by molar-refractivity contribution is 5.92. The zero-order valence-electron chi connectivity index (χ0n) is 11.4. The molecule has 0 radical (unpaired) electrons. The predicted molar refractivity (Wildman–Crippen MR) is 67.3 cm³/mol. The average molecular weight is 262 g/mol. The summed E-state index contributed by atoms with van der Waals surface area (Å²) in [6, 6.07) is 0. The van der Waals surface area contributed by atoms with Gasteiger partial charge in [-0.1, -0.05) is 11.6 Å². The fourth-order valence-corrected chi connectivity index (χ4v) is 4.41. The molecular formula is C15H18O4. The first-order valence-electron chi connectivity index (χ1n) is 6.88. The smallest absolute Gasteiger partial charge is 0.334 e. The van der Waals surface area contributed by atoms with Gasteiger partial charge in [0.1, 0.15) is 17.8 Å². The summed E-state index contributed by atoms with van der Waals surface area (Å²) in [7, 11) is 0. The van der Waals surface area contributed by atoms with E-state index in [-0.39, 0.29) is 23.6 Å². The van der Waals surface area contributed by atoms with Gasteiger partial charge in [-0.15, -0.1) is 0 Å². The SMILES string of the molecule is CC1=CC(O)C23OC2(C)CCC2=C(C)C(=O)O[C@@H]2[C@@H]13. The van der Waals surface area contributed by atoms with Crippen molar-refractivity contribution < 1.29 is 19.4 Å².